The Morgan fingerprint density at radius 2 is 1.95 bits per heavy atom. The van der Waals surface area contributed by atoms with Crippen LogP contribution in [0.3, 0.4) is 0 Å². The minimum atomic E-state index is 0.152. The molecule has 20 heavy (non-hydrogen) atoms. The van der Waals surface area contributed by atoms with Crippen LogP contribution in [0.2, 0.25) is 0 Å². The van der Waals surface area contributed by atoms with Gasteiger partial charge < -0.3 is 4.90 Å². The molecular weight excluding hydrogens is 248 g/mol. The molecule has 1 aliphatic heterocycles. The van der Waals surface area contributed by atoms with Crippen molar-refractivity contribution in [3.8, 4) is 0 Å². The Balaban J connectivity index is 2.07. The van der Waals surface area contributed by atoms with E-state index in [0.29, 0.717) is 0 Å². The van der Waals surface area contributed by atoms with E-state index in [1.165, 1.54) is 16.7 Å². The van der Waals surface area contributed by atoms with E-state index in [9.17, 15) is 4.79 Å². The maximum absolute atomic E-state index is 10.6. The number of rotatable bonds is 3. The molecule has 0 amide bonds. The van der Waals surface area contributed by atoms with Crippen molar-refractivity contribution < 1.29 is 4.79 Å². The standard InChI is InChI=1S/C17H16N2O/c20-13-3-11-19-12-8-14-4-1-2-5-16(14)17(19)15-6-9-18-10-7-15/h1-7,9-11,13,17H,8,12H2. The van der Waals surface area contributed by atoms with E-state index in [-0.39, 0.29) is 6.04 Å². The molecular formula is C17H16N2O. The monoisotopic (exact) mass is 264 g/mol. The first-order chi connectivity index (χ1) is 9.90. The smallest absolute Gasteiger partial charge is 0.144 e. The summed E-state index contributed by atoms with van der Waals surface area (Å²) in [5.74, 6) is 0. The van der Waals surface area contributed by atoms with Crippen LogP contribution in [0.4, 0.5) is 0 Å². The summed E-state index contributed by atoms with van der Waals surface area (Å²) in [6, 6.07) is 12.7. The molecule has 0 aliphatic carbocycles. The number of carbonyl (C=O) groups excluding carboxylic acids is 1. The molecule has 0 fully saturated rings. The van der Waals surface area contributed by atoms with Crippen LogP contribution in [0.25, 0.3) is 0 Å². The quantitative estimate of drug-likeness (QED) is 0.631. The summed E-state index contributed by atoms with van der Waals surface area (Å²) < 4.78 is 0. The summed E-state index contributed by atoms with van der Waals surface area (Å²) >= 11 is 0. The number of fused-ring (bicyclic) bond motifs is 1. The maximum Gasteiger partial charge on any atom is 0.144 e. The van der Waals surface area contributed by atoms with Crippen LogP contribution in [-0.4, -0.2) is 22.7 Å². The van der Waals surface area contributed by atoms with Gasteiger partial charge in [-0.3, -0.25) is 9.78 Å². The van der Waals surface area contributed by atoms with Crippen molar-refractivity contribution >= 4 is 6.29 Å². The highest BCUT2D eigenvalue weighted by molar-refractivity contribution is 5.64. The molecule has 0 radical (unpaired) electrons. The molecule has 0 saturated heterocycles. The number of aldehydes is 1. The number of carbonyl (C=O) groups is 1. The molecule has 1 aromatic carbocycles. The third-order valence-electron chi connectivity index (χ3n) is 3.70. The molecule has 3 heteroatoms. The van der Waals surface area contributed by atoms with Crippen molar-refractivity contribution in [2.45, 2.75) is 12.5 Å². The Morgan fingerprint density at radius 3 is 2.75 bits per heavy atom. The molecule has 2 heterocycles. The van der Waals surface area contributed by atoms with Gasteiger partial charge >= 0.3 is 0 Å². The lowest BCUT2D eigenvalue weighted by Crippen LogP contribution is -2.32. The van der Waals surface area contributed by atoms with E-state index in [1.54, 1.807) is 6.08 Å². The van der Waals surface area contributed by atoms with Crippen LogP contribution in [0.1, 0.15) is 22.7 Å². The van der Waals surface area contributed by atoms with E-state index in [4.69, 9.17) is 0 Å². The lowest BCUT2D eigenvalue weighted by atomic mass is 9.89. The summed E-state index contributed by atoms with van der Waals surface area (Å²) in [4.78, 5) is 16.9. The van der Waals surface area contributed by atoms with Gasteiger partial charge in [0.2, 0.25) is 0 Å². The summed E-state index contributed by atoms with van der Waals surface area (Å²) in [6.07, 6.45) is 8.89. The molecule has 3 rings (SSSR count). The second kappa shape index (κ2) is 5.70. The van der Waals surface area contributed by atoms with Crippen molar-refractivity contribution in [1.29, 1.82) is 0 Å². The van der Waals surface area contributed by atoms with Gasteiger partial charge in [-0.1, -0.05) is 24.3 Å². The number of hydrogen-bond acceptors (Lipinski definition) is 3. The highest BCUT2D eigenvalue weighted by atomic mass is 16.1. The predicted molar refractivity (Wildman–Crippen MR) is 78.1 cm³/mol. The largest absolute Gasteiger partial charge is 0.366 e. The number of nitrogens with zero attached hydrogens (tertiary/aromatic N) is 2. The average Bonchev–Trinajstić information content (AvgIpc) is 2.53. The molecule has 0 saturated carbocycles. The Bertz CT molecular complexity index is 622. The highest BCUT2D eigenvalue weighted by Gasteiger charge is 2.26. The first-order valence-corrected chi connectivity index (χ1v) is 6.75. The second-order valence-electron chi connectivity index (χ2n) is 4.85. The lowest BCUT2D eigenvalue weighted by molar-refractivity contribution is -0.104. The predicted octanol–water partition coefficient (Wildman–Crippen LogP) is 2.74. The van der Waals surface area contributed by atoms with Crippen molar-refractivity contribution in [3.63, 3.8) is 0 Å². The summed E-state index contributed by atoms with van der Waals surface area (Å²) in [7, 11) is 0. The molecule has 0 N–H and O–H groups in total. The molecule has 1 aromatic heterocycles. The van der Waals surface area contributed by atoms with Gasteiger partial charge in [0.1, 0.15) is 6.29 Å². The summed E-state index contributed by atoms with van der Waals surface area (Å²) in [6.45, 7) is 0.911. The third-order valence-corrected chi connectivity index (χ3v) is 3.70. The van der Waals surface area contributed by atoms with Crippen LogP contribution in [-0.2, 0) is 11.2 Å². The van der Waals surface area contributed by atoms with E-state index in [2.05, 4.69) is 34.1 Å². The van der Waals surface area contributed by atoms with Gasteiger partial charge in [0.25, 0.3) is 0 Å². The van der Waals surface area contributed by atoms with Gasteiger partial charge in [-0.2, -0.15) is 0 Å². The fraction of sp³-hybridized carbons (Fsp3) is 0.176. The summed E-state index contributed by atoms with van der Waals surface area (Å²) in [5.41, 5.74) is 3.88. The van der Waals surface area contributed by atoms with Crippen LogP contribution in [0.15, 0.2) is 61.1 Å². The van der Waals surface area contributed by atoms with Crippen LogP contribution in [0.5, 0.6) is 0 Å². The molecule has 1 atom stereocenters. The zero-order chi connectivity index (χ0) is 13.8. The first-order valence-electron chi connectivity index (χ1n) is 6.75. The topological polar surface area (TPSA) is 33.2 Å². The molecule has 1 aliphatic rings. The van der Waals surface area contributed by atoms with E-state index in [0.717, 1.165) is 19.3 Å². The fourth-order valence-electron chi connectivity index (χ4n) is 2.81. The number of benzene rings is 1. The Labute approximate surface area is 118 Å². The molecule has 1 unspecified atom stereocenters. The van der Waals surface area contributed by atoms with Gasteiger partial charge in [0, 0.05) is 25.1 Å². The SMILES string of the molecule is O=CC=CN1CCc2ccccc2C1c1ccncc1. The van der Waals surface area contributed by atoms with E-state index in [1.807, 2.05) is 30.7 Å². The van der Waals surface area contributed by atoms with E-state index >= 15 is 0 Å². The van der Waals surface area contributed by atoms with Gasteiger partial charge in [0.15, 0.2) is 0 Å². The molecule has 0 bridgehead atoms. The number of allylic oxidation sites excluding steroid dienone is 1. The van der Waals surface area contributed by atoms with Crippen molar-refractivity contribution in [2.24, 2.45) is 0 Å². The van der Waals surface area contributed by atoms with E-state index < -0.39 is 0 Å². The maximum atomic E-state index is 10.6. The number of hydrogen-bond donors (Lipinski definition) is 0. The third kappa shape index (κ3) is 2.35. The zero-order valence-electron chi connectivity index (χ0n) is 11.1. The number of pyridine rings is 1. The minimum absolute atomic E-state index is 0.152. The van der Waals surface area contributed by atoms with Gasteiger partial charge in [-0.15, -0.1) is 0 Å². The van der Waals surface area contributed by atoms with Crippen LogP contribution >= 0.6 is 0 Å². The zero-order valence-corrected chi connectivity index (χ0v) is 11.1. The Kier molecular flexibility index (Phi) is 3.59. The highest BCUT2D eigenvalue weighted by Crippen LogP contribution is 2.34. The number of aromatic nitrogens is 1. The van der Waals surface area contributed by atoms with Crippen LogP contribution < -0.4 is 0 Å². The van der Waals surface area contributed by atoms with Gasteiger partial charge in [0.05, 0.1) is 6.04 Å². The van der Waals surface area contributed by atoms with Gasteiger partial charge in [-0.05, 0) is 41.3 Å². The summed E-state index contributed by atoms with van der Waals surface area (Å²) in [5, 5.41) is 0. The molecule has 0 spiro atoms. The minimum Gasteiger partial charge on any atom is -0.366 e. The van der Waals surface area contributed by atoms with Crippen molar-refractivity contribution in [3.05, 3.63) is 77.8 Å². The fourth-order valence-corrected chi connectivity index (χ4v) is 2.81. The second-order valence-corrected chi connectivity index (χ2v) is 4.85. The molecule has 2 aromatic rings. The molecule has 100 valence electrons. The first kappa shape index (κ1) is 12.6. The normalized spacial score (nSPS) is 18.0. The van der Waals surface area contributed by atoms with Crippen LogP contribution in [0, 0.1) is 0 Å². The molecule has 3 nitrogen and oxygen atoms in total. The lowest BCUT2D eigenvalue weighted by Gasteiger charge is -2.37. The Hall–Kier alpha value is -2.42. The van der Waals surface area contributed by atoms with Gasteiger partial charge in [-0.25, -0.2) is 0 Å². The average molecular weight is 264 g/mol. The Morgan fingerprint density at radius 1 is 1.15 bits per heavy atom. The van der Waals surface area contributed by atoms with Crippen molar-refractivity contribution in [2.75, 3.05) is 6.54 Å². The van der Waals surface area contributed by atoms with Crippen molar-refractivity contribution in [1.82, 2.24) is 9.88 Å².